The van der Waals surface area contributed by atoms with Crippen LogP contribution >= 0.6 is 7.75 Å². The largest absolute Gasteiger partial charge is 0.462 e. The number of esters is 3. The number of nitrogen functional groups attached to an aromatic ring is 1. The highest BCUT2D eigenvalue weighted by Gasteiger charge is 2.62. The molecule has 1 saturated heterocycles. The summed E-state index contributed by atoms with van der Waals surface area (Å²) in [5.41, 5.74) is 4.26. The monoisotopic (exact) mass is 730 g/mol. The fourth-order valence-electron chi connectivity index (χ4n) is 4.48. The lowest BCUT2D eigenvalue weighted by Gasteiger charge is -2.31. The molecule has 272 valence electrons. The third kappa shape index (κ3) is 9.96. The lowest BCUT2D eigenvalue weighted by molar-refractivity contribution is -0.173. The summed E-state index contributed by atoms with van der Waals surface area (Å²) in [6, 6.07) is 3.75. The van der Waals surface area contributed by atoms with Gasteiger partial charge in [0.05, 0.1) is 36.0 Å². The van der Waals surface area contributed by atoms with Crippen LogP contribution < -0.4 is 10.8 Å². The van der Waals surface area contributed by atoms with Crippen LogP contribution in [0.25, 0.3) is 5.52 Å². The minimum Gasteiger partial charge on any atom is -0.462 e. The van der Waals surface area contributed by atoms with Gasteiger partial charge in [-0.15, -0.1) is 0 Å². The van der Waals surface area contributed by atoms with Gasteiger partial charge in [0.2, 0.25) is 5.60 Å². The van der Waals surface area contributed by atoms with Gasteiger partial charge >= 0.3 is 25.7 Å². The Morgan fingerprint density at radius 2 is 1.71 bits per heavy atom. The molecule has 6 atom stereocenters. The van der Waals surface area contributed by atoms with E-state index >= 15 is 0 Å². The standard InChI is InChI=1S/C29H43N6O12PS/c1-16(2)26(36)45-23-22(20-9-10-21-25(31)32-15-33-35(20)21)47-29(13-30,24(23)46-27(37)17(3)4)14-43-48(39,42-11-12-49(8,40)41)34-19(7)28(38)44-18(5)6/h9-10,15-19,22-24H,11-12,14H2,1-8H3,(H,34,39)(H2,31,32,33)/t19-,22-,23-,24-,29+,48?/m0/s1. The lowest BCUT2D eigenvalue weighted by atomic mass is 9.95. The molecule has 0 bridgehead atoms. The summed E-state index contributed by atoms with van der Waals surface area (Å²) in [6.07, 6.45) is -2.92. The van der Waals surface area contributed by atoms with Crippen molar-refractivity contribution in [2.24, 2.45) is 11.8 Å². The van der Waals surface area contributed by atoms with E-state index in [9.17, 15) is 32.6 Å². The van der Waals surface area contributed by atoms with Crippen molar-refractivity contribution in [3.63, 3.8) is 0 Å². The van der Waals surface area contributed by atoms with Crippen molar-refractivity contribution in [3.8, 4) is 6.07 Å². The van der Waals surface area contributed by atoms with Crippen LogP contribution in [-0.4, -0.2) is 96.1 Å². The third-order valence-corrected chi connectivity index (χ3v) is 9.65. The van der Waals surface area contributed by atoms with Crippen LogP contribution in [0.3, 0.4) is 0 Å². The first-order valence-electron chi connectivity index (χ1n) is 15.4. The van der Waals surface area contributed by atoms with Gasteiger partial charge in [0.25, 0.3) is 0 Å². The van der Waals surface area contributed by atoms with Crippen LogP contribution in [0.2, 0.25) is 0 Å². The van der Waals surface area contributed by atoms with E-state index in [4.69, 9.17) is 33.7 Å². The predicted octanol–water partition coefficient (Wildman–Crippen LogP) is 1.90. The minimum absolute atomic E-state index is 0.107. The van der Waals surface area contributed by atoms with Crippen LogP contribution in [0.5, 0.6) is 0 Å². The molecule has 0 aliphatic carbocycles. The molecule has 1 fully saturated rings. The van der Waals surface area contributed by atoms with Gasteiger partial charge in [-0.3, -0.25) is 23.4 Å². The molecule has 49 heavy (non-hydrogen) atoms. The maximum absolute atomic E-state index is 14.1. The molecule has 3 N–H and O–H groups in total. The van der Waals surface area contributed by atoms with E-state index in [-0.39, 0.29) is 11.5 Å². The Kier molecular flexibility index (Phi) is 12.9. The number of aromatic nitrogens is 3. The van der Waals surface area contributed by atoms with Crippen LogP contribution in [0.4, 0.5) is 5.82 Å². The molecule has 1 unspecified atom stereocenters. The Hall–Kier alpha value is -3.66. The van der Waals surface area contributed by atoms with E-state index in [0.717, 1.165) is 6.26 Å². The number of sulfone groups is 1. The second-order valence-corrected chi connectivity index (χ2v) is 16.4. The van der Waals surface area contributed by atoms with Crippen LogP contribution in [0.1, 0.15) is 60.3 Å². The summed E-state index contributed by atoms with van der Waals surface area (Å²) >= 11 is 0. The molecule has 1 aliphatic rings. The Morgan fingerprint density at radius 1 is 1.08 bits per heavy atom. The normalized spacial score (nSPS) is 22.9. The first-order valence-corrected chi connectivity index (χ1v) is 19.0. The third-order valence-electron chi connectivity index (χ3n) is 7.05. The van der Waals surface area contributed by atoms with Crippen molar-refractivity contribution in [2.45, 2.75) is 84.5 Å². The number of nitrogens with two attached hydrogens (primary N) is 1. The zero-order chi connectivity index (χ0) is 36.9. The molecule has 18 nitrogen and oxygen atoms in total. The van der Waals surface area contributed by atoms with Crippen molar-refractivity contribution < 1.29 is 55.4 Å². The lowest BCUT2D eigenvalue weighted by Crippen LogP contribution is -2.50. The van der Waals surface area contributed by atoms with E-state index in [1.165, 1.54) is 17.8 Å². The summed E-state index contributed by atoms with van der Waals surface area (Å²) in [4.78, 5) is 42.6. The number of carbonyl (C=O) groups is 3. The first kappa shape index (κ1) is 39.8. The van der Waals surface area contributed by atoms with E-state index in [0.29, 0.717) is 5.52 Å². The van der Waals surface area contributed by atoms with Gasteiger partial charge in [-0.1, -0.05) is 27.7 Å². The number of nitrogens with one attached hydrogen (secondary N) is 1. The molecule has 2 aromatic heterocycles. The van der Waals surface area contributed by atoms with Crippen LogP contribution in [-0.2, 0) is 56.8 Å². The highest BCUT2D eigenvalue weighted by molar-refractivity contribution is 7.90. The Balaban J connectivity index is 2.12. The number of rotatable bonds is 16. The number of anilines is 1. The van der Waals surface area contributed by atoms with Crippen LogP contribution in [0, 0.1) is 23.2 Å². The Morgan fingerprint density at radius 3 is 2.29 bits per heavy atom. The van der Waals surface area contributed by atoms with Crippen molar-refractivity contribution in [1.29, 1.82) is 5.26 Å². The van der Waals surface area contributed by atoms with Gasteiger partial charge in [0, 0.05) is 6.26 Å². The molecule has 0 saturated carbocycles. The minimum atomic E-state index is -4.67. The van der Waals surface area contributed by atoms with Gasteiger partial charge in [0.1, 0.15) is 46.5 Å². The zero-order valence-corrected chi connectivity index (χ0v) is 30.2. The number of nitriles is 1. The molecule has 0 aromatic carbocycles. The number of fused-ring (bicyclic) bond motifs is 1. The average Bonchev–Trinajstić information content (AvgIpc) is 3.55. The van der Waals surface area contributed by atoms with Gasteiger partial charge in [0.15, 0.2) is 18.0 Å². The van der Waals surface area contributed by atoms with Crippen molar-refractivity contribution in [3.05, 3.63) is 24.2 Å². The van der Waals surface area contributed by atoms with Crippen molar-refractivity contribution >= 4 is 46.8 Å². The quantitative estimate of drug-likeness (QED) is 0.142. The Bertz CT molecular complexity index is 1730. The molecule has 0 radical (unpaired) electrons. The summed E-state index contributed by atoms with van der Waals surface area (Å²) in [6.45, 7) is 9.16. The second-order valence-electron chi connectivity index (χ2n) is 12.4. The highest BCUT2D eigenvalue weighted by atomic mass is 32.2. The smallest absolute Gasteiger partial charge is 0.406 e. The number of hydrogen-bond donors (Lipinski definition) is 2. The molecular weight excluding hydrogens is 687 g/mol. The average molecular weight is 731 g/mol. The molecule has 2 aromatic rings. The summed E-state index contributed by atoms with van der Waals surface area (Å²) < 4.78 is 73.1. The van der Waals surface area contributed by atoms with E-state index in [2.05, 4.69) is 15.2 Å². The number of ether oxygens (including phenoxy) is 4. The first-order chi connectivity index (χ1) is 22.7. The predicted molar refractivity (Wildman–Crippen MR) is 172 cm³/mol. The molecule has 20 heteroatoms. The molecule has 3 heterocycles. The molecule has 0 spiro atoms. The zero-order valence-electron chi connectivity index (χ0n) is 28.5. The van der Waals surface area contributed by atoms with Crippen molar-refractivity contribution in [2.75, 3.05) is 31.0 Å². The van der Waals surface area contributed by atoms with Gasteiger partial charge in [-0.05, 0) is 32.9 Å². The summed E-state index contributed by atoms with van der Waals surface area (Å²) in [5.74, 6) is -4.16. The second kappa shape index (κ2) is 15.9. The van der Waals surface area contributed by atoms with Gasteiger partial charge in [-0.25, -0.2) is 27.6 Å². The van der Waals surface area contributed by atoms with Crippen LogP contribution in [0.15, 0.2) is 18.5 Å². The highest BCUT2D eigenvalue weighted by Crippen LogP contribution is 2.50. The number of nitrogens with zero attached hydrogens (tertiary/aromatic N) is 4. The molecule has 1 aliphatic heterocycles. The maximum Gasteiger partial charge on any atom is 0.406 e. The summed E-state index contributed by atoms with van der Waals surface area (Å²) in [5, 5.41) is 17.3. The topological polar surface area (TPSA) is 250 Å². The van der Waals surface area contributed by atoms with Crippen molar-refractivity contribution in [1.82, 2.24) is 19.7 Å². The fourth-order valence-corrected chi connectivity index (χ4v) is 6.49. The number of carbonyl (C=O) groups excluding carboxylic acids is 3. The van der Waals surface area contributed by atoms with E-state index in [1.54, 1.807) is 53.7 Å². The maximum atomic E-state index is 14.1. The molecular formula is C29H43N6O12PS. The molecule has 3 rings (SSSR count). The Labute approximate surface area is 284 Å². The van der Waals surface area contributed by atoms with Gasteiger partial charge < -0.3 is 24.7 Å². The van der Waals surface area contributed by atoms with E-state index in [1.807, 2.05) is 6.07 Å². The number of hydrogen-bond acceptors (Lipinski definition) is 16. The molecule has 0 amide bonds. The van der Waals surface area contributed by atoms with Gasteiger partial charge in [-0.2, -0.15) is 10.4 Å². The SMILES string of the molecule is CC(C)OC(=O)[C@H](C)NP(=O)(OCCS(C)(=O)=O)OC[C@@]1(C#N)O[C@@H](c2ccc3c(N)ncnn23)[C@H](OC(=O)C(C)C)[C@@H]1OC(=O)C(C)C. The summed E-state index contributed by atoms with van der Waals surface area (Å²) in [7, 11) is -8.26. The fraction of sp³-hybridized carbons (Fsp3) is 0.655. The van der Waals surface area contributed by atoms with E-state index < -0.39 is 102 Å².